The molecule has 5 nitrogen and oxygen atoms in total. The molecule has 0 bridgehead atoms. The van der Waals surface area contributed by atoms with Gasteiger partial charge in [0.1, 0.15) is 17.6 Å². The second-order valence-electron chi connectivity index (χ2n) is 7.18. The Morgan fingerprint density at radius 3 is 2.34 bits per heavy atom. The number of hydrogen-bond donors (Lipinski definition) is 0. The summed E-state index contributed by atoms with van der Waals surface area (Å²) in [7, 11) is 1.62. The van der Waals surface area contributed by atoms with Gasteiger partial charge in [0, 0.05) is 18.9 Å². The predicted molar refractivity (Wildman–Crippen MR) is 113 cm³/mol. The maximum atomic E-state index is 11.8. The van der Waals surface area contributed by atoms with Crippen molar-refractivity contribution in [2.24, 2.45) is 0 Å². The number of carbonyl (C=O) groups excluding carboxylic acids is 1. The standard InChI is InChI=1S/C23H28O5S/c1-15-10-12-19(13-11-15)29-23-22(28-17(3)24)21(25-4)20(16(2)27-23)26-14-18-8-6-5-7-9-18/h5-13,16,20-23H,14H2,1-4H3/t16-,20-,21+,22+,23-/m1/s1. The van der Waals surface area contributed by atoms with Crippen LogP contribution in [-0.4, -0.2) is 42.9 Å². The van der Waals surface area contributed by atoms with Crippen LogP contribution >= 0.6 is 11.8 Å². The summed E-state index contributed by atoms with van der Waals surface area (Å²) in [6.45, 7) is 5.85. The molecule has 0 N–H and O–H groups in total. The fourth-order valence-electron chi connectivity index (χ4n) is 3.40. The van der Waals surface area contributed by atoms with Crippen LogP contribution in [0.3, 0.4) is 0 Å². The van der Waals surface area contributed by atoms with Crippen molar-refractivity contribution in [3.05, 3.63) is 65.7 Å². The first kappa shape index (κ1) is 21.8. The molecule has 2 aromatic rings. The lowest BCUT2D eigenvalue weighted by Gasteiger charge is -2.44. The Morgan fingerprint density at radius 1 is 1.03 bits per heavy atom. The Bertz CT molecular complexity index is 780. The van der Waals surface area contributed by atoms with E-state index in [-0.39, 0.29) is 18.2 Å². The zero-order chi connectivity index (χ0) is 20.8. The number of thioether (sulfide) groups is 1. The lowest BCUT2D eigenvalue weighted by Crippen LogP contribution is -2.58. The van der Waals surface area contributed by atoms with E-state index in [1.807, 2.05) is 56.3 Å². The third kappa shape index (κ3) is 5.82. The SMILES string of the molecule is CO[C@@H]1[C@H](OC(C)=O)[C@@H](Sc2ccc(C)cc2)O[C@H](C)[C@H]1OCc1ccccc1. The van der Waals surface area contributed by atoms with Gasteiger partial charge in [-0.2, -0.15) is 0 Å². The summed E-state index contributed by atoms with van der Waals surface area (Å²) in [4.78, 5) is 12.8. The Kier molecular flexibility index (Phi) is 7.72. The summed E-state index contributed by atoms with van der Waals surface area (Å²) >= 11 is 1.53. The summed E-state index contributed by atoms with van der Waals surface area (Å²) in [6, 6.07) is 18.1. The van der Waals surface area contributed by atoms with Crippen LogP contribution in [0, 0.1) is 6.92 Å². The fraction of sp³-hybridized carbons (Fsp3) is 0.435. The van der Waals surface area contributed by atoms with Crippen LogP contribution in [0.25, 0.3) is 0 Å². The minimum atomic E-state index is -0.583. The van der Waals surface area contributed by atoms with E-state index in [1.165, 1.54) is 24.2 Å². The van der Waals surface area contributed by atoms with Crippen molar-refractivity contribution in [3.63, 3.8) is 0 Å². The third-order valence-corrected chi connectivity index (χ3v) is 6.02. The first-order valence-electron chi connectivity index (χ1n) is 9.72. The minimum absolute atomic E-state index is 0.224. The molecule has 29 heavy (non-hydrogen) atoms. The molecule has 1 aliphatic rings. The Balaban J connectivity index is 1.77. The fourth-order valence-corrected chi connectivity index (χ4v) is 4.54. The normalized spacial score (nSPS) is 26.8. The van der Waals surface area contributed by atoms with Crippen molar-refractivity contribution < 1.29 is 23.7 Å². The van der Waals surface area contributed by atoms with Crippen molar-refractivity contribution in [2.45, 2.75) is 62.1 Å². The molecule has 3 rings (SSSR count). The summed E-state index contributed by atoms with van der Waals surface area (Å²) in [5.41, 5.74) is 1.86. The number of carbonyl (C=O) groups is 1. The van der Waals surface area contributed by atoms with E-state index in [0.29, 0.717) is 6.61 Å². The average Bonchev–Trinajstić information content (AvgIpc) is 2.71. The summed E-state index contributed by atoms with van der Waals surface area (Å²) < 4.78 is 23.8. The number of methoxy groups -OCH3 is 1. The van der Waals surface area contributed by atoms with Crippen LogP contribution in [0.2, 0.25) is 0 Å². The van der Waals surface area contributed by atoms with E-state index in [1.54, 1.807) is 7.11 Å². The van der Waals surface area contributed by atoms with E-state index in [0.717, 1.165) is 10.5 Å². The van der Waals surface area contributed by atoms with E-state index >= 15 is 0 Å². The summed E-state index contributed by atoms with van der Waals surface area (Å²) in [5, 5.41) is 0. The molecule has 1 heterocycles. The molecule has 1 fully saturated rings. The maximum absolute atomic E-state index is 11.8. The molecule has 156 valence electrons. The quantitative estimate of drug-likeness (QED) is 0.625. The van der Waals surface area contributed by atoms with E-state index in [2.05, 4.69) is 12.1 Å². The van der Waals surface area contributed by atoms with E-state index in [4.69, 9.17) is 18.9 Å². The number of ether oxygens (including phenoxy) is 4. The van der Waals surface area contributed by atoms with Crippen LogP contribution in [0.5, 0.6) is 0 Å². The van der Waals surface area contributed by atoms with Gasteiger partial charge in [0.2, 0.25) is 0 Å². The highest BCUT2D eigenvalue weighted by Gasteiger charge is 2.47. The second-order valence-corrected chi connectivity index (χ2v) is 8.35. The van der Waals surface area contributed by atoms with Crippen LogP contribution in [0.15, 0.2) is 59.5 Å². The molecular weight excluding hydrogens is 388 g/mol. The molecule has 0 radical (unpaired) electrons. The minimum Gasteiger partial charge on any atom is -0.456 e. The molecule has 0 amide bonds. The molecule has 6 heteroatoms. The third-order valence-electron chi connectivity index (χ3n) is 4.86. The summed E-state index contributed by atoms with van der Waals surface area (Å²) in [6.07, 6.45) is -1.60. The Labute approximate surface area is 176 Å². The van der Waals surface area contributed by atoms with Crippen molar-refractivity contribution >= 4 is 17.7 Å². The van der Waals surface area contributed by atoms with Gasteiger partial charge in [-0.05, 0) is 31.5 Å². The van der Waals surface area contributed by atoms with Gasteiger partial charge in [-0.15, -0.1) is 0 Å². The lowest BCUT2D eigenvalue weighted by molar-refractivity contribution is -0.229. The van der Waals surface area contributed by atoms with Gasteiger partial charge in [0.15, 0.2) is 6.10 Å². The van der Waals surface area contributed by atoms with Crippen molar-refractivity contribution in [1.29, 1.82) is 0 Å². The summed E-state index contributed by atoms with van der Waals surface area (Å²) in [5.74, 6) is -0.369. The highest BCUT2D eigenvalue weighted by atomic mass is 32.2. The molecule has 0 aliphatic carbocycles. The van der Waals surface area contributed by atoms with Crippen LogP contribution in [0.4, 0.5) is 0 Å². The average molecular weight is 417 g/mol. The highest BCUT2D eigenvalue weighted by Crippen LogP contribution is 2.37. The Hall–Kier alpha value is -1.86. The highest BCUT2D eigenvalue weighted by molar-refractivity contribution is 7.99. The molecule has 5 atom stereocenters. The zero-order valence-corrected chi connectivity index (χ0v) is 18.1. The van der Waals surface area contributed by atoms with Gasteiger partial charge in [0.05, 0.1) is 12.7 Å². The van der Waals surface area contributed by atoms with Gasteiger partial charge in [-0.3, -0.25) is 4.79 Å². The molecular formula is C23H28O5S. The largest absolute Gasteiger partial charge is 0.456 e. The topological polar surface area (TPSA) is 54.0 Å². The van der Waals surface area contributed by atoms with Gasteiger partial charge in [0.25, 0.3) is 0 Å². The number of aryl methyl sites for hydroxylation is 1. The predicted octanol–water partition coefficient (Wildman–Crippen LogP) is 4.36. The lowest BCUT2D eigenvalue weighted by atomic mass is 10.00. The number of esters is 1. The second kappa shape index (κ2) is 10.3. The number of hydrogen-bond acceptors (Lipinski definition) is 6. The van der Waals surface area contributed by atoms with Crippen LogP contribution < -0.4 is 0 Å². The number of rotatable bonds is 7. The van der Waals surface area contributed by atoms with Crippen molar-refractivity contribution in [3.8, 4) is 0 Å². The van der Waals surface area contributed by atoms with Crippen LogP contribution in [0.1, 0.15) is 25.0 Å². The Morgan fingerprint density at radius 2 is 1.72 bits per heavy atom. The van der Waals surface area contributed by atoms with Gasteiger partial charge >= 0.3 is 5.97 Å². The molecule has 1 saturated heterocycles. The monoisotopic (exact) mass is 416 g/mol. The maximum Gasteiger partial charge on any atom is 0.303 e. The van der Waals surface area contributed by atoms with Gasteiger partial charge in [-0.1, -0.05) is 59.8 Å². The molecule has 0 spiro atoms. The first-order chi connectivity index (χ1) is 14.0. The van der Waals surface area contributed by atoms with Crippen molar-refractivity contribution in [1.82, 2.24) is 0 Å². The van der Waals surface area contributed by atoms with Gasteiger partial charge in [-0.25, -0.2) is 0 Å². The van der Waals surface area contributed by atoms with Crippen LogP contribution in [-0.2, 0) is 30.3 Å². The van der Waals surface area contributed by atoms with E-state index in [9.17, 15) is 4.79 Å². The molecule has 0 saturated carbocycles. The molecule has 2 aromatic carbocycles. The zero-order valence-electron chi connectivity index (χ0n) is 17.2. The van der Waals surface area contributed by atoms with E-state index < -0.39 is 17.6 Å². The molecule has 0 unspecified atom stereocenters. The molecule has 0 aromatic heterocycles. The van der Waals surface area contributed by atoms with Gasteiger partial charge < -0.3 is 18.9 Å². The number of benzene rings is 2. The van der Waals surface area contributed by atoms with Crippen molar-refractivity contribution in [2.75, 3.05) is 7.11 Å². The smallest absolute Gasteiger partial charge is 0.303 e. The first-order valence-corrected chi connectivity index (χ1v) is 10.6. The molecule has 1 aliphatic heterocycles.